The van der Waals surface area contributed by atoms with Crippen molar-refractivity contribution in [2.45, 2.75) is 51.5 Å². The zero-order valence-electron chi connectivity index (χ0n) is 14.9. The molecular formula is C20H27NO2S. The molecule has 0 radical (unpaired) electrons. The summed E-state index contributed by atoms with van der Waals surface area (Å²) in [7, 11) is -3.53. The van der Waals surface area contributed by atoms with Gasteiger partial charge in [0.25, 0.3) is 0 Å². The lowest BCUT2D eigenvalue weighted by Gasteiger charge is -2.18. The van der Waals surface area contributed by atoms with Crippen LogP contribution in [0.3, 0.4) is 0 Å². The van der Waals surface area contributed by atoms with Gasteiger partial charge in [-0.05, 0) is 48.9 Å². The minimum absolute atomic E-state index is 0.217. The molecular weight excluding hydrogens is 318 g/mol. The molecule has 0 saturated heterocycles. The second-order valence-electron chi connectivity index (χ2n) is 6.73. The van der Waals surface area contributed by atoms with Gasteiger partial charge in [-0.2, -0.15) is 0 Å². The van der Waals surface area contributed by atoms with E-state index < -0.39 is 10.0 Å². The van der Waals surface area contributed by atoms with Crippen LogP contribution in [0, 0.1) is 12.8 Å². The van der Waals surface area contributed by atoms with Crippen LogP contribution >= 0.6 is 0 Å². The zero-order chi connectivity index (χ0) is 17.7. The molecule has 2 rings (SSSR count). The Kier molecular flexibility index (Phi) is 6.19. The van der Waals surface area contributed by atoms with Gasteiger partial charge < -0.3 is 0 Å². The fourth-order valence-electron chi connectivity index (χ4n) is 2.72. The number of benzene rings is 2. The molecule has 0 fully saturated rings. The maximum absolute atomic E-state index is 12.7. The average Bonchev–Trinajstić information content (AvgIpc) is 2.53. The molecule has 24 heavy (non-hydrogen) atoms. The summed E-state index contributed by atoms with van der Waals surface area (Å²) in [4.78, 5) is 0.320. The summed E-state index contributed by atoms with van der Waals surface area (Å²) in [6, 6.07) is 15.0. The molecule has 1 unspecified atom stereocenters. The van der Waals surface area contributed by atoms with Crippen LogP contribution in [0.4, 0.5) is 0 Å². The highest BCUT2D eigenvalue weighted by atomic mass is 32.2. The van der Waals surface area contributed by atoms with E-state index in [0.29, 0.717) is 17.2 Å². The molecule has 0 spiro atoms. The Morgan fingerprint density at radius 3 is 2.04 bits per heavy atom. The van der Waals surface area contributed by atoms with E-state index in [2.05, 4.69) is 18.6 Å². The molecule has 3 nitrogen and oxygen atoms in total. The van der Waals surface area contributed by atoms with E-state index in [-0.39, 0.29) is 6.04 Å². The van der Waals surface area contributed by atoms with Crippen molar-refractivity contribution in [3.05, 3.63) is 65.2 Å². The van der Waals surface area contributed by atoms with E-state index in [1.807, 2.05) is 50.2 Å². The van der Waals surface area contributed by atoms with E-state index in [9.17, 15) is 8.42 Å². The van der Waals surface area contributed by atoms with E-state index in [1.54, 1.807) is 12.1 Å². The monoisotopic (exact) mass is 345 g/mol. The first-order valence-corrected chi connectivity index (χ1v) is 9.98. The lowest BCUT2D eigenvalue weighted by Crippen LogP contribution is -2.28. The Balaban J connectivity index is 2.18. The summed E-state index contributed by atoms with van der Waals surface area (Å²) in [6.07, 6.45) is 1.66. The van der Waals surface area contributed by atoms with Crippen LogP contribution in [-0.4, -0.2) is 8.42 Å². The minimum Gasteiger partial charge on any atom is -0.207 e. The highest BCUT2D eigenvalue weighted by molar-refractivity contribution is 7.89. The summed E-state index contributed by atoms with van der Waals surface area (Å²) in [5.74, 6) is 0.552. The lowest BCUT2D eigenvalue weighted by molar-refractivity contribution is 0.550. The molecule has 0 aliphatic heterocycles. The normalized spacial score (nSPS) is 13.2. The molecule has 130 valence electrons. The van der Waals surface area contributed by atoms with Crippen LogP contribution in [0.25, 0.3) is 0 Å². The fraction of sp³-hybridized carbons (Fsp3) is 0.400. The summed E-state index contributed by atoms with van der Waals surface area (Å²) < 4.78 is 28.2. The molecule has 0 amide bonds. The van der Waals surface area contributed by atoms with Crippen LogP contribution < -0.4 is 4.72 Å². The summed E-state index contributed by atoms with van der Waals surface area (Å²) >= 11 is 0. The van der Waals surface area contributed by atoms with Crippen LogP contribution in [0.5, 0.6) is 0 Å². The maximum Gasteiger partial charge on any atom is 0.241 e. The molecule has 0 aliphatic carbocycles. The average molecular weight is 346 g/mol. The zero-order valence-corrected chi connectivity index (χ0v) is 15.7. The Labute approximate surface area is 146 Å². The van der Waals surface area contributed by atoms with Crippen molar-refractivity contribution in [2.24, 2.45) is 5.92 Å². The summed E-state index contributed by atoms with van der Waals surface area (Å²) in [6.45, 7) is 8.31. The molecule has 1 atom stereocenters. The van der Waals surface area contributed by atoms with Gasteiger partial charge in [0.1, 0.15) is 0 Å². The smallest absolute Gasteiger partial charge is 0.207 e. The third-order valence-electron chi connectivity index (χ3n) is 4.06. The molecule has 0 aromatic heterocycles. The maximum atomic E-state index is 12.7. The molecule has 0 heterocycles. The molecule has 2 aromatic carbocycles. The molecule has 1 N–H and O–H groups in total. The standard InChI is InChI=1S/C20H27NO2S/c1-5-20(18-10-6-16(4)7-11-18)21-24(22,23)19-12-8-17(9-13-19)14-15(2)3/h6-13,15,20-21H,5,14H2,1-4H3. The number of hydrogen-bond donors (Lipinski definition) is 1. The van der Waals surface area contributed by atoms with Gasteiger partial charge in [0.2, 0.25) is 10.0 Å². The van der Waals surface area contributed by atoms with Gasteiger partial charge in [-0.25, -0.2) is 13.1 Å². The summed E-state index contributed by atoms with van der Waals surface area (Å²) in [5, 5.41) is 0. The Bertz CT molecular complexity index is 747. The largest absolute Gasteiger partial charge is 0.241 e. The van der Waals surface area contributed by atoms with Crippen LogP contribution in [0.15, 0.2) is 53.4 Å². The van der Waals surface area contributed by atoms with Gasteiger partial charge in [0.15, 0.2) is 0 Å². The quantitative estimate of drug-likeness (QED) is 0.795. The number of rotatable bonds is 7. The van der Waals surface area contributed by atoms with Gasteiger partial charge in [-0.15, -0.1) is 0 Å². The molecule has 4 heteroatoms. The predicted molar refractivity (Wildman–Crippen MR) is 99.5 cm³/mol. The van der Waals surface area contributed by atoms with Crippen LogP contribution in [-0.2, 0) is 16.4 Å². The Morgan fingerprint density at radius 2 is 1.54 bits per heavy atom. The minimum atomic E-state index is -3.53. The van der Waals surface area contributed by atoms with Crippen molar-refractivity contribution in [2.75, 3.05) is 0 Å². The Hall–Kier alpha value is -1.65. The Morgan fingerprint density at radius 1 is 0.958 bits per heavy atom. The molecule has 0 aliphatic rings. The topological polar surface area (TPSA) is 46.2 Å². The number of aryl methyl sites for hydroxylation is 1. The second-order valence-corrected chi connectivity index (χ2v) is 8.45. The third-order valence-corrected chi connectivity index (χ3v) is 5.55. The number of sulfonamides is 1. The highest BCUT2D eigenvalue weighted by Crippen LogP contribution is 2.21. The SMILES string of the molecule is CCC(NS(=O)(=O)c1ccc(CC(C)C)cc1)c1ccc(C)cc1. The van der Waals surface area contributed by atoms with Crippen molar-refractivity contribution in [1.82, 2.24) is 4.72 Å². The number of nitrogens with one attached hydrogen (secondary N) is 1. The fourth-order valence-corrected chi connectivity index (χ4v) is 4.03. The van der Waals surface area contributed by atoms with Gasteiger partial charge in [-0.3, -0.25) is 0 Å². The van der Waals surface area contributed by atoms with Crippen molar-refractivity contribution in [3.63, 3.8) is 0 Å². The first-order valence-electron chi connectivity index (χ1n) is 8.49. The van der Waals surface area contributed by atoms with Crippen molar-refractivity contribution >= 4 is 10.0 Å². The first kappa shape index (κ1) is 18.7. The van der Waals surface area contributed by atoms with Gasteiger partial charge >= 0.3 is 0 Å². The highest BCUT2D eigenvalue weighted by Gasteiger charge is 2.20. The number of hydrogen-bond acceptors (Lipinski definition) is 2. The third kappa shape index (κ3) is 4.92. The van der Waals surface area contributed by atoms with Gasteiger partial charge in [0.05, 0.1) is 4.90 Å². The summed E-state index contributed by atoms with van der Waals surface area (Å²) in [5.41, 5.74) is 3.31. The van der Waals surface area contributed by atoms with Crippen LogP contribution in [0.2, 0.25) is 0 Å². The van der Waals surface area contributed by atoms with Gasteiger partial charge in [0, 0.05) is 6.04 Å². The van der Waals surface area contributed by atoms with E-state index >= 15 is 0 Å². The predicted octanol–water partition coefficient (Wildman–Crippen LogP) is 4.62. The van der Waals surface area contributed by atoms with Crippen LogP contribution in [0.1, 0.15) is 49.9 Å². The van der Waals surface area contributed by atoms with Gasteiger partial charge in [-0.1, -0.05) is 62.7 Å². The van der Waals surface area contributed by atoms with Crippen molar-refractivity contribution < 1.29 is 8.42 Å². The lowest BCUT2D eigenvalue weighted by atomic mass is 10.0. The van der Waals surface area contributed by atoms with E-state index in [4.69, 9.17) is 0 Å². The van der Waals surface area contributed by atoms with E-state index in [1.165, 1.54) is 0 Å². The molecule has 0 saturated carbocycles. The first-order chi connectivity index (χ1) is 11.3. The van der Waals surface area contributed by atoms with Crippen molar-refractivity contribution in [3.8, 4) is 0 Å². The molecule has 2 aromatic rings. The van der Waals surface area contributed by atoms with Crippen molar-refractivity contribution in [1.29, 1.82) is 0 Å². The second kappa shape index (κ2) is 7.95. The van der Waals surface area contributed by atoms with E-state index in [0.717, 1.165) is 23.1 Å². The molecule has 0 bridgehead atoms.